The van der Waals surface area contributed by atoms with Crippen molar-refractivity contribution in [2.45, 2.75) is 20.0 Å². The van der Waals surface area contributed by atoms with Crippen LogP contribution >= 0.6 is 0 Å². The van der Waals surface area contributed by atoms with Crippen molar-refractivity contribution in [1.82, 2.24) is 0 Å². The third-order valence-corrected chi connectivity index (χ3v) is 1.30. The second-order valence-electron chi connectivity index (χ2n) is 1.97. The molecule has 0 heterocycles. The zero-order chi connectivity index (χ0) is 8.69. The summed E-state index contributed by atoms with van der Waals surface area (Å²) in [6.07, 6.45) is 6.88. The zero-order valence-electron chi connectivity index (χ0n) is 6.90. The van der Waals surface area contributed by atoms with Gasteiger partial charge in [-0.2, -0.15) is 0 Å². The molecule has 0 aromatic heterocycles. The van der Waals surface area contributed by atoms with Gasteiger partial charge in [-0.15, -0.1) is 0 Å². The quantitative estimate of drug-likeness (QED) is 0.578. The molecule has 1 aliphatic carbocycles. The topological polar surface area (TPSA) is 37.3 Å². The number of carbonyl (C=O) groups is 1. The highest BCUT2D eigenvalue weighted by atomic mass is 16.3. The smallest absolute Gasteiger partial charge is 0.129 e. The number of hydrogen-bond acceptors (Lipinski definition) is 2. The highest BCUT2D eigenvalue weighted by Crippen LogP contribution is 2.08. The average molecular weight is 154 g/mol. The largest absolute Gasteiger partial charge is 0.388 e. The van der Waals surface area contributed by atoms with Crippen molar-refractivity contribution < 1.29 is 9.90 Å². The van der Waals surface area contributed by atoms with Gasteiger partial charge in [-0.25, -0.2) is 0 Å². The number of aliphatic hydroxyl groups is 1. The lowest BCUT2D eigenvalue weighted by atomic mass is 10.00. The van der Waals surface area contributed by atoms with Crippen LogP contribution < -0.4 is 0 Å². The number of aldehydes is 1. The molecule has 1 N–H and O–H groups in total. The molecule has 0 amide bonds. The van der Waals surface area contributed by atoms with E-state index in [0.29, 0.717) is 0 Å². The van der Waals surface area contributed by atoms with Gasteiger partial charge in [0.2, 0.25) is 0 Å². The Morgan fingerprint density at radius 2 is 1.82 bits per heavy atom. The molecule has 1 rings (SSSR count). The van der Waals surface area contributed by atoms with E-state index < -0.39 is 6.10 Å². The molecule has 2 unspecified atom stereocenters. The summed E-state index contributed by atoms with van der Waals surface area (Å²) in [5.74, 6) is -0.338. The fourth-order valence-electron chi connectivity index (χ4n) is 0.738. The van der Waals surface area contributed by atoms with Crippen molar-refractivity contribution in [3.63, 3.8) is 0 Å². The number of carbonyl (C=O) groups excluding carboxylic acids is 1. The first-order valence-corrected chi connectivity index (χ1v) is 3.83. The molecule has 0 spiro atoms. The van der Waals surface area contributed by atoms with Crippen molar-refractivity contribution >= 4 is 6.29 Å². The molecule has 0 fully saturated rings. The molecular weight excluding hydrogens is 140 g/mol. The average Bonchev–Trinajstić information content (AvgIpc) is 2.09. The van der Waals surface area contributed by atoms with Gasteiger partial charge < -0.3 is 9.90 Å². The van der Waals surface area contributed by atoms with Gasteiger partial charge in [0.05, 0.1) is 12.0 Å². The van der Waals surface area contributed by atoms with Crippen molar-refractivity contribution in [3.8, 4) is 0 Å². The minimum absolute atomic E-state index is 0.338. The standard InChI is InChI=1S/C7H8O2.C2H6/c8-5-6-3-1-2-4-7(6)9;1-2/h1-7,9H;1-2H3. The summed E-state index contributed by atoms with van der Waals surface area (Å²) in [5.41, 5.74) is 0. The second kappa shape index (κ2) is 5.86. The molecule has 2 nitrogen and oxygen atoms in total. The van der Waals surface area contributed by atoms with E-state index in [2.05, 4.69) is 0 Å². The Hall–Kier alpha value is -0.890. The lowest BCUT2D eigenvalue weighted by Gasteiger charge is -2.11. The molecule has 0 saturated carbocycles. The summed E-state index contributed by atoms with van der Waals surface area (Å²) in [4.78, 5) is 10.1. The van der Waals surface area contributed by atoms with Gasteiger partial charge in [0.25, 0.3) is 0 Å². The number of rotatable bonds is 1. The van der Waals surface area contributed by atoms with Crippen LogP contribution in [-0.4, -0.2) is 17.5 Å². The van der Waals surface area contributed by atoms with Crippen molar-refractivity contribution in [2.75, 3.05) is 0 Å². The fraction of sp³-hybridized carbons (Fsp3) is 0.444. The first-order valence-electron chi connectivity index (χ1n) is 3.83. The molecule has 0 aromatic rings. The minimum atomic E-state index is -0.618. The maximum atomic E-state index is 10.1. The van der Waals surface area contributed by atoms with Crippen LogP contribution in [-0.2, 0) is 4.79 Å². The van der Waals surface area contributed by atoms with Gasteiger partial charge >= 0.3 is 0 Å². The second-order valence-corrected chi connectivity index (χ2v) is 1.97. The number of allylic oxidation sites excluding steroid dienone is 2. The number of aliphatic hydroxyl groups excluding tert-OH is 1. The fourth-order valence-corrected chi connectivity index (χ4v) is 0.738. The monoisotopic (exact) mass is 154 g/mol. The Kier molecular flexibility index (Phi) is 5.39. The Morgan fingerprint density at radius 1 is 1.27 bits per heavy atom. The Balaban J connectivity index is 0.000000461. The van der Waals surface area contributed by atoms with Gasteiger partial charge in [0.15, 0.2) is 0 Å². The first kappa shape index (κ1) is 10.1. The first-order chi connectivity index (χ1) is 5.34. The maximum Gasteiger partial charge on any atom is 0.129 e. The predicted octanol–water partition coefficient (Wildman–Crippen LogP) is 1.31. The van der Waals surface area contributed by atoms with Gasteiger partial charge in [-0.1, -0.05) is 38.2 Å². The summed E-state index contributed by atoms with van der Waals surface area (Å²) < 4.78 is 0. The van der Waals surface area contributed by atoms with Crippen molar-refractivity contribution in [3.05, 3.63) is 24.3 Å². The molecule has 11 heavy (non-hydrogen) atoms. The van der Waals surface area contributed by atoms with E-state index in [1.165, 1.54) is 0 Å². The van der Waals surface area contributed by atoms with E-state index >= 15 is 0 Å². The third-order valence-electron chi connectivity index (χ3n) is 1.30. The minimum Gasteiger partial charge on any atom is -0.388 e. The highest BCUT2D eigenvalue weighted by Gasteiger charge is 2.13. The van der Waals surface area contributed by atoms with E-state index in [4.69, 9.17) is 5.11 Å². The lowest BCUT2D eigenvalue weighted by molar-refractivity contribution is -0.111. The van der Waals surface area contributed by atoms with Gasteiger partial charge in [-0.05, 0) is 0 Å². The summed E-state index contributed by atoms with van der Waals surface area (Å²) in [6.45, 7) is 4.00. The highest BCUT2D eigenvalue weighted by molar-refractivity contribution is 5.59. The summed E-state index contributed by atoms with van der Waals surface area (Å²) >= 11 is 0. The zero-order valence-corrected chi connectivity index (χ0v) is 6.90. The van der Waals surface area contributed by atoms with Crippen LogP contribution in [0.3, 0.4) is 0 Å². The van der Waals surface area contributed by atoms with Crippen LogP contribution in [0, 0.1) is 5.92 Å². The van der Waals surface area contributed by atoms with E-state index in [-0.39, 0.29) is 5.92 Å². The summed E-state index contributed by atoms with van der Waals surface area (Å²) in [5, 5.41) is 9.00. The van der Waals surface area contributed by atoms with Crippen LogP contribution in [0.25, 0.3) is 0 Å². The molecule has 0 aliphatic heterocycles. The Bertz CT molecular complexity index is 159. The summed E-state index contributed by atoms with van der Waals surface area (Å²) in [7, 11) is 0. The van der Waals surface area contributed by atoms with Gasteiger partial charge in [0.1, 0.15) is 6.29 Å². The predicted molar refractivity (Wildman–Crippen MR) is 45.2 cm³/mol. The molecule has 0 saturated heterocycles. The molecule has 62 valence electrons. The van der Waals surface area contributed by atoms with Crippen LogP contribution in [0.5, 0.6) is 0 Å². The van der Waals surface area contributed by atoms with Crippen LogP contribution in [0.4, 0.5) is 0 Å². The van der Waals surface area contributed by atoms with E-state index in [1.54, 1.807) is 24.3 Å². The summed E-state index contributed by atoms with van der Waals surface area (Å²) in [6, 6.07) is 0. The van der Waals surface area contributed by atoms with Gasteiger partial charge in [0, 0.05) is 0 Å². The molecular formula is C9H14O2. The maximum absolute atomic E-state index is 10.1. The van der Waals surface area contributed by atoms with Crippen molar-refractivity contribution in [2.24, 2.45) is 5.92 Å². The normalized spacial score (nSPS) is 27.2. The van der Waals surface area contributed by atoms with E-state index in [9.17, 15) is 4.79 Å². The lowest BCUT2D eigenvalue weighted by Crippen LogP contribution is -2.18. The molecule has 1 aliphatic rings. The molecule has 0 aromatic carbocycles. The number of hydrogen-bond donors (Lipinski definition) is 1. The van der Waals surface area contributed by atoms with E-state index in [1.807, 2.05) is 13.8 Å². The third kappa shape index (κ3) is 3.14. The SMILES string of the molecule is CC.O=CC1C=CC=CC1O. The molecule has 2 atom stereocenters. The van der Waals surface area contributed by atoms with Crippen LogP contribution in [0.1, 0.15) is 13.8 Å². The Morgan fingerprint density at radius 3 is 2.18 bits per heavy atom. The van der Waals surface area contributed by atoms with E-state index in [0.717, 1.165) is 6.29 Å². The molecule has 0 radical (unpaired) electrons. The van der Waals surface area contributed by atoms with Crippen LogP contribution in [0.2, 0.25) is 0 Å². The van der Waals surface area contributed by atoms with Gasteiger partial charge in [-0.3, -0.25) is 0 Å². The van der Waals surface area contributed by atoms with Crippen molar-refractivity contribution in [1.29, 1.82) is 0 Å². The molecule has 0 bridgehead atoms. The van der Waals surface area contributed by atoms with Crippen LogP contribution in [0.15, 0.2) is 24.3 Å². The molecule has 2 heteroatoms. The Labute approximate surface area is 67.2 Å².